The molecule has 2 unspecified atom stereocenters. The molecule has 0 aliphatic carbocycles. The Hall–Kier alpha value is -2.63. The Morgan fingerprint density at radius 1 is 1.07 bits per heavy atom. The molecule has 3 rings (SSSR count). The van der Waals surface area contributed by atoms with Gasteiger partial charge in [0.2, 0.25) is 5.91 Å². The van der Waals surface area contributed by atoms with Gasteiger partial charge in [0.25, 0.3) is 11.8 Å². The van der Waals surface area contributed by atoms with E-state index >= 15 is 0 Å². The molecule has 1 aromatic carbocycles. The van der Waals surface area contributed by atoms with Crippen molar-refractivity contribution in [2.75, 3.05) is 25.0 Å². The molecule has 0 saturated carbocycles. The minimum absolute atomic E-state index is 0.150. The second-order valence-electron chi connectivity index (χ2n) is 7.69. The van der Waals surface area contributed by atoms with Crippen LogP contribution in [0.1, 0.15) is 39.7 Å². The molecule has 144 valence electrons. The second-order valence-corrected chi connectivity index (χ2v) is 7.69. The quantitative estimate of drug-likeness (QED) is 0.829. The maximum absolute atomic E-state index is 13.0. The van der Waals surface area contributed by atoms with E-state index in [2.05, 4.69) is 24.1 Å². The number of hydrogen-bond donors (Lipinski definition) is 1. The standard InChI is InChI=1S/C21H27N3O3/c1-5-24-20(26)18(16-6-8-17(9-7-16)22-15(4)25)19(21(24)27)23-11-13(2)10-14(3)12-23/h6-9,13-14H,5,10-12H2,1-4H3,(H,22,25). The van der Waals surface area contributed by atoms with Crippen molar-refractivity contribution in [3.8, 4) is 0 Å². The summed E-state index contributed by atoms with van der Waals surface area (Å²) in [7, 11) is 0. The lowest BCUT2D eigenvalue weighted by Gasteiger charge is -2.37. The number of nitrogens with zero attached hydrogens (tertiary/aromatic N) is 2. The lowest BCUT2D eigenvalue weighted by atomic mass is 9.91. The third-order valence-electron chi connectivity index (χ3n) is 5.14. The SMILES string of the molecule is CCN1C(=O)C(c2ccc(NC(C)=O)cc2)=C(N2CC(C)CC(C)C2)C1=O. The van der Waals surface area contributed by atoms with Crippen molar-refractivity contribution in [2.24, 2.45) is 11.8 Å². The van der Waals surface area contributed by atoms with Crippen LogP contribution in [-0.4, -0.2) is 47.2 Å². The summed E-state index contributed by atoms with van der Waals surface area (Å²) >= 11 is 0. The van der Waals surface area contributed by atoms with Gasteiger partial charge in [-0.15, -0.1) is 0 Å². The predicted molar refractivity (Wildman–Crippen MR) is 105 cm³/mol. The molecular formula is C21H27N3O3. The van der Waals surface area contributed by atoms with Crippen LogP contribution in [0.25, 0.3) is 5.57 Å². The number of piperidine rings is 1. The van der Waals surface area contributed by atoms with Crippen LogP contribution in [0, 0.1) is 11.8 Å². The van der Waals surface area contributed by atoms with Gasteiger partial charge in [0.05, 0.1) is 5.57 Å². The smallest absolute Gasteiger partial charge is 0.277 e. The van der Waals surface area contributed by atoms with Gasteiger partial charge in [-0.05, 0) is 42.9 Å². The lowest BCUT2D eigenvalue weighted by Crippen LogP contribution is -2.41. The highest BCUT2D eigenvalue weighted by Crippen LogP contribution is 2.35. The first-order valence-electron chi connectivity index (χ1n) is 9.55. The molecule has 1 saturated heterocycles. The van der Waals surface area contributed by atoms with Crippen LogP contribution in [0.5, 0.6) is 0 Å². The van der Waals surface area contributed by atoms with Crippen LogP contribution in [0.15, 0.2) is 30.0 Å². The summed E-state index contributed by atoms with van der Waals surface area (Å²) in [5, 5.41) is 2.72. The average Bonchev–Trinajstić information content (AvgIpc) is 2.84. The van der Waals surface area contributed by atoms with E-state index in [1.54, 1.807) is 24.3 Å². The van der Waals surface area contributed by atoms with Gasteiger partial charge >= 0.3 is 0 Å². The lowest BCUT2D eigenvalue weighted by molar-refractivity contribution is -0.137. The van der Waals surface area contributed by atoms with E-state index in [1.807, 2.05) is 6.92 Å². The minimum Gasteiger partial charge on any atom is -0.366 e. The normalized spacial score (nSPS) is 23.3. The number of hydrogen-bond acceptors (Lipinski definition) is 4. The zero-order valence-corrected chi connectivity index (χ0v) is 16.4. The summed E-state index contributed by atoms with van der Waals surface area (Å²) in [5.41, 5.74) is 2.36. The topological polar surface area (TPSA) is 69.7 Å². The van der Waals surface area contributed by atoms with E-state index in [4.69, 9.17) is 0 Å². The molecule has 3 amide bonds. The predicted octanol–water partition coefficient (Wildman–Crippen LogP) is 2.72. The highest BCUT2D eigenvalue weighted by atomic mass is 16.2. The number of amides is 3. The first-order valence-corrected chi connectivity index (χ1v) is 9.55. The van der Waals surface area contributed by atoms with Gasteiger partial charge in [0.15, 0.2) is 0 Å². The Balaban J connectivity index is 2.03. The van der Waals surface area contributed by atoms with Crippen LogP contribution < -0.4 is 5.32 Å². The molecule has 1 fully saturated rings. The highest BCUT2D eigenvalue weighted by Gasteiger charge is 2.42. The fourth-order valence-electron chi connectivity index (χ4n) is 4.17. The maximum Gasteiger partial charge on any atom is 0.277 e. The molecular weight excluding hydrogens is 342 g/mol. The monoisotopic (exact) mass is 369 g/mol. The fraction of sp³-hybridized carbons (Fsp3) is 0.476. The van der Waals surface area contributed by atoms with Gasteiger partial charge in [-0.1, -0.05) is 26.0 Å². The number of benzene rings is 1. The molecule has 1 aromatic rings. The van der Waals surface area contributed by atoms with Gasteiger partial charge in [-0.2, -0.15) is 0 Å². The van der Waals surface area contributed by atoms with Crippen molar-refractivity contribution >= 4 is 29.0 Å². The van der Waals surface area contributed by atoms with Crippen LogP contribution in [0.2, 0.25) is 0 Å². The number of imide groups is 1. The molecule has 2 aliphatic heterocycles. The van der Waals surface area contributed by atoms with Crippen LogP contribution in [0.4, 0.5) is 5.69 Å². The summed E-state index contributed by atoms with van der Waals surface area (Å²) in [6.07, 6.45) is 1.13. The van der Waals surface area contributed by atoms with Crippen molar-refractivity contribution in [3.63, 3.8) is 0 Å². The highest BCUT2D eigenvalue weighted by molar-refractivity contribution is 6.35. The third-order valence-corrected chi connectivity index (χ3v) is 5.14. The van der Waals surface area contributed by atoms with Crippen LogP contribution >= 0.6 is 0 Å². The minimum atomic E-state index is -0.240. The number of nitrogens with one attached hydrogen (secondary N) is 1. The summed E-state index contributed by atoms with van der Waals surface area (Å²) < 4.78 is 0. The molecule has 1 N–H and O–H groups in total. The van der Waals surface area contributed by atoms with E-state index in [9.17, 15) is 14.4 Å². The Morgan fingerprint density at radius 2 is 1.67 bits per heavy atom. The molecule has 0 aromatic heterocycles. The average molecular weight is 369 g/mol. The van der Waals surface area contributed by atoms with Crippen molar-refractivity contribution in [3.05, 3.63) is 35.5 Å². The second kappa shape index (κ2) is 7.55. The van der Waals surface area contributed by atoms with Crippen molar-refractivity contribution < 1.29 is 14.4 Å². The first kappa shape index (κ1) is 19.1. The first-order chi connectivity index (χ1) is 12.8. The van der Waals surface area contributed by atoms with E-state index in [0.29, 0.717) is 40.9 Å². The van der Waals surface area contributed by atoms with Crippen molar-refractivity contribution in [1.29, 1.82) is 0 Å². The number of anilines is 1. The van der Waals surface area contributed by atoms with E-state index in [-0.39, 0.29) is 17.7 Å². The van der Waals surface area contributed by atoms with Crippen molar-refractivity contribution in [1.82, 2.24) is 9.80 Å². The zero-order chi connectivity index (χ0) is 19.7. The number of carbonyl (C=O) groups is 3. The Morgan fingerprint density at radius 3 is 2.19 bits per heavy atom. The fourth-order valence-corrected chi connectivity index (χ4v) is 4.17. The van der Waals surface area contributed by atoms with Gasteiger partial charge < -0.3 is 10.2 Å². The molecule has 27 heavy (non-hydrogen) atoms. The Kier molecular flexibility index (Phi) is 5.35. The van der Waals surface area contributed by atoms with Gasteiger partial charge in [0, 0.05) is 32.2 Å². The van der Waals surface area contributed by atoms with Crippen molar-refractivity contribution in [2.45, 2.75) is 34.1 Å². The van der Waals surface area contributed by atoms with Crippen LogP contribution in [-0.2, 0) is 14.4 Å². The zero-order valence-electron chi connectivity index (χ0n) is 16.4. The van der Waals surface area contributed by atoms with Gasteiger partial charge in [-0.3, -0.25) is 19.3 Å². The maximum atomic E-state index is 13.0. The molecule has 2 atom stereocenters. The summed E-state index contributed by atoms with van der Waals surface area (Å²) in [4.78, 5) is 40.6. The van der Waals surface area contributed by atoms with Gasteiger partial charge in [0.1, 0.15) is 5.70 Å². The number of rotatable bonds is 4. The number of likely N-dealkylation sites (N-methyl/N-ethyl adjacent to an activating group) is 1. The summed E-state index contributed by atoms with van der Waals surface area (Å²) in [6.45, 7) is 9.55. The molecule has 6 nitrogen and oxygen atoms in total. The molecule has 0 spiro atoms. The van der Waals surface area contributed by atoms with E-state index in [0.717, 1.165) is 19.5 Å². The Bertz CT molecular complexity index is 787. The molecule has 6 heteroatoms. The molecule has 2 heterocycles. The van der Waals surface area contributed by atoms with E-state index in [1.165, 1.54) is 11.8 Å². The summed E-state index contributed by atoms with van der Waals surface area (Å²) in [5.74, 6) is 0.357. The molecule has 0 bridgehead atoms. The third kappa shape index (κ3) is 3.75. The molecule has 0 radical (unpaired) electrons. The summed E-state index contributed by atoms with van der Waals surface area (Å²) in [6, 6.07) is 7.10. The van der Waals surface area contributed by atoms with E-state index < -0.39 is 0 Å². The Labute approximate surface area is 160 Å². The number of carbonyl (C=O) groups excluding carboxylic acids is 3. The number of likely N-dealkylation sites (tertiary alicyclic amines) is 1. The molecule has 2 aliphatic rings. The van der Waals surface area contributed by atoms with Crippen LogP contribution in [0.3, 0.4) is 0 Å². The largest absolute Gasteiger partial charge is 0.366 e. The van der Waals surface area contributed by atoms with Gasteiger partial charge in [-0.25, -0.2) is 0 Å².